The zero-order chi connectivity index (χ0) is 14.9. The summed E-state index contributed by atoms with van der Waals surface area (Å²) in [6, 6.07) is 7.40. The molecule has 0 saturated heterocycles. The molecule has 20 heavy (non-hydrogen) atoms. The number of anilines is 1. The van der Waals surface area contributed by atoms with Crippen molar-refractivity contribution in [1.29, 1.82) is 0 Å². The van der Waals surface area contributed by atoms with E-state index in [1.54, 1.807) is 19.1 Å². The Morgan fingerprint density at radius 1 is 1.10 bits per heavy atom. The van der Waals surface area contributed by atoms with Crippen LogP contribution in [0.15, 0.2) is 30.3 Å². The van der Waals surface area contributed by atoms with Crippen LogP contribution < -0.4 is 5.32 Å². The molecule has 2 N–H and O–H groups in total. The third kappa shape index (κ3) is 3.18. The van der Waals surface area contributed by atoms with E-state index in [0.29, 0.717) is 20.8 Å². The lowest BCUT2D eigenvalue weighted by Gasteiger charge is -2.09. The third-order valence-corrected chi connectivity index (χ3v) is 3.76. The molecular weight excluding hydrogens is 321 g/mol. The molecule has 0 unspecified atom stereocenters. The second-order valence-corrected chi connectivity index (χ2v) is 5.43. The SMILES string of the molecule is Cc1c(Cl)cc(NC(=O)c2cc(Cl)ccc2O)cc1Cl. The summed E-state index contributed by atoms with van der Waals surface area (Å²) in [5.41, 5.74) is 1.25. The first-order valence-electron chi connectivity index (χ1n) is 5.64. The van der Waals surface area contributed by atoms with Gasteiger partial charge in [0, 0.05) is 20.8 Å². The Morgan fingerprint density at radius 3 is 2.30 bits per heavy atom. The minimum absolute atomic E-state index is 0.0744. The van der Waals surface area contributed by atoms with E-state index in [0.717, 1.165) is 5.56 Å². The molecule has 2 aromatic rings. The summed E-state index contributed by atoms with van der Waals surface area (Å²) < 4.78 is 0. The lowest BCUT2D eigenvalue weighted by molar-refractivity contribution is 0.102. The molecule has 0 heterocycles. The van der Waals surface area contributed by atoms with Gasteiger partial charge in [0.25, 0.3) is 5.91 Å². The Labute approximate surface area is 131 Å². The fourth-order valence-electron chi connectivity index (χ4n) is 1.61. The lowest BCUT2D eigenvalue weighted by Crippen LogP contribution is -2.12. The summed E-state index contributed by atoms with van der Waals surface area (Å²) >= 11 is 17.8. The fraction of sp³-hybridized carbons (Fsp3) is 0.0714. The van der Waals surface area contributed by atoms with Crippen LogP contribution in [0.25, 0.3) is 0 Å². The molecule has 2 aromatic carbocycles. The van der Waals surface area contributed by atoms with Crippen LogP contribution in [0.3, 0.4) is 0 Å². The van der Waals surface area contributed by atoms with Crippen LogP contribution in [0.4, 0.5) is 5.69 Å². The first kappa shape index (κ1) is 15.0. The maximum atomic E-state index is 12.1. The molecular formula is C14H10Cl3NO2. The van der Waals surface area contributed by atoms with Crippen molar-refractivity contribution in [3.63, 3.8) is 0 Å². The monoisotopic (exact) mass is 329 g/mol. The van der Waals surface area contributed by atoms with Crippen molar-refractivity contribution in [3.05, 3.63) is 56.5 Å². The van der Waals surface area contributed by atoms with Crippen LogP contribution in [0.5, 0.6) is 5.75 Å². The number of halogens is 3. The van der Waals surface area contributed by atoms with Crippen LogP contribution in [0.2, 0.25) is 15.1 Å². The van der Waals surface area contributed by atoms with Gasteiger partial charge in [-0.15, -0.1) is 0 Å². The van der Waals surface area contributed by atoms with Crippen molar-refractivity contribution in [2.75, 3.05) is 5.32 Å². The largest absolute Gasteiger partial charge is 0.507 e. The summed E-state index contributed by atoms with van der Waals surface area (Å²) in [4.78, 5) is 12.1. The summed E-state index contributed by atoms with van der Waals surface area (Å²) in [6.45, 7) is 1.78. The number of aromatic hydroxyl groups is 1. The highest BCUT2D eigenvalue weighted by atomic mass is 35.5. The van der Waals surface area contributed by atoms with E-state index in [-0.39, 0.29) is 11.3 Å². The molecule has 0 saturated carbocycles. The molecule has 0 aliphatic carbocycles. The van der Waals surface area contributed by atoms with Gasteiger partial charge in [-0.05, 0) is 42.8 Å². The van der Waals surface area contributed by atoms with Gasteiger partial charge in [0.15, 0.2) is 0 Å². The fourth-order valence-corrected chi connectivity index (χ4v) is 2.27. The molecule has 0 spiro atoms. The van der Waals surface area contributed by atoms with Crippen molar-refractivity contribution >= 4 is 46.4 Å². The summed E-state index contributed by atoms with van der Waals surface area (Å²) in [5, 5.41) is 13.5. The minimum Gasteiger partial charge on any atom is -0.507 e. The second-order valence-electron chi connectivity index (χ2n) is 4.18. The Morgan fingerprint density at radius 2 is 1.70 bits per heavy atom. The molecule has 1 amide bonds. The van der Waals surface area contributed by atoms with Gasteiger partial charge in [-0.3, -0.25) is 4.79 Å². The van der Waals surface area contributed by atoms with Crippen molar-refractivity contribution in [2.24, 2.45) is 0 Å². The first-order chi connectivity index (χ1) is 9.38. The molecule has 3 nitrogen and oxygen atoms in total. The smallest absolute Gasteiger partial charge is 0.259 e. The zero-order valence-corrected chi connectivity index (χ0v) is 12.6. The molecule has 6 heteroatoms. The van der Waals surface area contributed by atoms with Crippen LogP contribution in [-0.2, 0) is 0 Å². The highest BCUT2D eigenvalue weighted by Gasteiger charge is 2.13. The number of benzene rings is 2. The molecule has 0 aliphatic rings. The van der Waals surface area contributed by atoms with E-state index >= 15 is 0 Å². The zero-order valence-electron chi connectivity index (χ0n) is 10.4. The highest BCUT2D eigenvalue weighted by Crippen LogP contribution is 2.29. The Balaban J connectivity index is 2.30. The van der Waals surface area contributed by atoms with Crippen molar-refractivity contribution in [1.82, 2.24) is 0 Å². The van der Waals surface area contributed by atoms with E-state index < -0.39 is 5.91 Å². The van der Waals surface area contributed by atoms with Gasteiger partial charge in [0.05, 0.1) is 5.56 Å². The third-order valence-electron chi connectivity index (χ3n) is 2.74. The average Bonchev–Trinajstić information content (AvgIpc) is 2.38. The molecule has 0 atom stereocenters. The number of rotatable bonds is 2. The number of amides is 1. The number of carbonyl (C=O) groups excluding carboxylic acids is 1. The van der Waals surface area contributed by atoms with Gasteiger partial charge in [-0.2, -0.15) is 0 Å². The van der Waals surface area contributed by atoms with E-state index in [1.807, 2.05) is 0 Å². The average molecular weight is 331 g/mol. The minimum atomic E-state index is -0.499. The van der Waals surface area contributed by atoms with Gasteiger partial charge < -0.3 is 10.4 Å². The van der Waals surface area contributed by atoms with E-state index in [9.17, 15) is 9.90 Å². The summed E-state index contributed by atoms with van der Waals surface area (Å²) in [7, 11) is 0. The summed E-state index contributed by atoms with van der Waals surface area (Å²) in [6.07, 6.45) is 0. The number of carbonyl (C=O) groups is 1. The second kappa shape index (κ2) is 5.92. The maximum Gasteiger partial charge on any atom is 0.259 e. The van der Waals surface area contributed by atoms with Crippen molar-refractivity contribution < 1.29 is 9.90 Å². The number of hydrogen-bond donors (Lipinski definition) is 2. The normalized spacial score (nSPS) is 10.4. The molecule has 0 aliphatic heterocycles. The van der Waals surface area contributed by atoms with Crippen LogP contribution in [-0.4, -0.2) is 11.0 Å². The van der Waals surface area contributed by atoms with Gasteiger partial charge in [0.2, 0.25) is 0 Å². The number of hydrogen-bond acceptors (Lipinski definition) is 2. The molecule has 0 bridgehead atoms. The van der Waals surface area contributed by atoms with E-state index in [4.69, 9.17) is 34.8 Å². The lowest BCUT2D eigenvalue weighted by atomic mass is 10.1. The molecule has 0 radical (unpaired) electrons. The Kier molecular flexibility index (Phi) is 4.43. The number of phenolic OH excluding ortho intramolecular Hbond substituents is 1. The number of nitrogens with one attached hydrogen (secondary N) is 1. The van der Waals surface area contributed by atoms with Crippen molar-refractivity contribution in [2.45, 2.75) is 6.92 Å². The van der Waals surface area contributed by atoms with Gasteiger partial charge in [-0.25, -0.2) is 0 Å². The van der Waals surface area contributed by atoms with E-state index in [2.05, 4.69) is 5.32 Å². The quantitative estimate of drug-likeness (QED) is 0.821. The maximum absolute atomic E-state index is 12.1. The molecule has 0 aromatic heterocycles. The van der Waals surface area contributed by atoms with Gasteiger partial charge in [0.1, 0.15) is 5.75 Å². The van der Waals surface area contributed by atoms with Crippen molar-refractivity contribution in [3.8, 4) is 5.75 Å². The molecule has 0 fully saturated rings. The Hall–Kier alpha value is -1.42. The highest BCUT2D eigenvalue weighted by molar-refractivity contribution is 6.36. The van der Waals surface area contributed by atoms with Gasteiger partial charge in [-0.1, -0.05) is 34.8 Å². The predicted octanol–water partition coefficient (Wildman–Crippen LogP) is 4.91. The van der Waals surface area contributed by atoms with E-state index in [1.165, 1.54) is 18.2 Å². The Bertz CT molecular complexity index is 663. The van der Waals surface area contributed by atoms with Crippen LogP contribution >= 0.6 is 34.8 Å². The summed E-state index contributed by atoms with van der Waals surface area (Å²) in [5.74, 6) is -0.655. The van der Waals surface area contributed by atoms with Crippen LogP contribution in [0, 0.1) is 6.92 Å². The topological polar surface area (TPSA) is 49.3 Å². The van der Waals surface area contributed by atoms with Gasteiger partial charge >= 0.3 is 0 Å². The molecule has 104 valence electrons. The number of phenols is 1. The molecule has 2 rings (SSSR count). The standard InChI is InChI=1S/C14H10Cl3NO2/c1-7-11(16)5-9(6-12(7)17)18-14(20)10-4-8(15)2-3-13(10)19/h2-6,19H,1H3,(H,18,20). The first-order valence-corrected chi connectivity index (χ1v) is 6.77. The van der Waals surface area contributed by atoms with Crippen LogP contribution in [0.1, 0.15) is 15.9 Å². The predicted molar refractivity (Wildman–Crippen MR) is 82.3 cm³/mol.